The fraction of sp³-hybridized carbons (Fsp3) is 0.667. The molecule has 3 aromatic heterocycles. The van der Waals surface area contributed by atoms with Crippen molar-refractivity contribution in [2.45, 2.75) is 76.5 Å². The zero-order chi connectivity index (χ0) is 25.9. The van der Waals surface area contributed by atoms with Gasteiger partial charge in [0.15, 0.2) is 29.0 Å². The Labute approximate surface area is 223 Å². The molecule has 37 heavy (non-hydrogen) atoms. The number of piperidine rings is 1. The number of hydrogen-bond acceptors (Lipinski definition) is 11. The van der Waals surface area contributed by atoms with Crippen LogP contribution in [0, 0.1) is 0 Å². The second-order valence-electron chi connectivity index (χ2n) is 9.69. The maximum absolute atomic E-state index is 10.9. The topological polar surface area (TPSA) is 147 Å². The summed E-state index contributed by atoms with van der Waals surface area (Å²) in [5, 5.41) is 32.3. The average Bonchev–Trinajstić information content (AvgIpc) is 3.61. The van der Waals surface area contributed by atoms with E-state index >= 15 is 0 Å². The number of aliphatic hydroxyl groups excluding tert-OH is 2. The Balaban J connectivity index is 1.43. The van der Waals surface area contributed by atoms with E-state index in [0.29, 0.717) is 39.8 Å². The first-order valence-electron chi connectivity index (χ1n) is 13.1. The standard InChI is InChI=1S/C24H35BrN8O4/c1-3-14(4-2)28-21-17-22(30-24(29-21)26-8-11-32-9-6-5-7-10-32)33(13-27-17)23-19(35)18(34)20(36-23)15-12-16(25)31-37-15/h12-14,18-20,23,34-35H,3-11H2,1-2H3,(H2,26,28,29,30)/t18-,19+,20+,23+/m0/s1. The molecule has 13 heteroatoms. The summed E-state index contributed by atoms with van der Waals surface area (Å²) < 4.78 is 13.4. The van der Waals surface area contributed by atoms with Crippen molar-refractivity contribution in [1.82, 2.24) is 29.6 Å². The monoisotopic (exact) mass is 578 g/mol. The van der Waals surface area contributed by atoms with Crippen molar-refractivity contribution in [3.05, 3.63) is 22.8 Å². The second kappa shape index (κ2) is 11.6. The minimum Gasteiger partial charge on any atom is -0.387 e. The zero-order valence-electron chi connectivity index (χ0n) is 21.2. The van der Waals surface area contributed by atoms with Crippen LogP contribution in [0.25, 0.3) is 11.2 Å². The molecule has 0 amide bonds. The second-order valence-corrected chi connectivity index (χ2v) is 10.5. The summed E-state index contributed by atoms with van der Waals surface area (Å²) in [5.74, 6) is 1.42. The molecule has 2 saturated heterocycles. The van der Waals surface area contributed by atoms with Gasteiger partial charge in [-0.2, -0.15) is 9.97 Å². The van der Waals surface area contributed by atoms with Crippen molar-refractivity contribution in [2.75, 3.05) is 36.8 Å². The first-order valence-corrected chi connectivity index (χ1v) is 13.9. The van der Waals surface area contributed by atoms with Gasteiger partial charge in [0.1, 0.15) is 22.9 Å². The molecule has 2 fully saturated rings. The fourth-order valence-electron chi connectivity index (χ4n) is 5.00. The summed E-state index contributed by atoms with van der Waals surface area (Å²) in [5.41, 5.74) is 1.07. The van der Waals surface area contributed by atoms with Gasteiger partial charge in [-0.25, -0.2) is 4.98 Å². The van der Waals surface area contributed by atoms with Crippen LogP contribution in [0.5, 0.6) is 0 Å². The Hall–Kier alpha value is -2.32. The van der Waals surface area contributed by atoms with Crippen molar-refractivity contribution >= 4 is 38.9 Å². The van der Waals surface area contributed by atoms with E-state index in [1.54, 1.807) is 17.0 Å². The highest BCUT2D eigenvalue weighted by atomic mass is 79.9. The quantitative estimate of drug-likeness (QED) is 0.281. The minimum absolute atomic E-state index is 0.230. The van der Waals surface area contributed by atoms with E-state index in [1.807, 2.05) is 0 Å². The first-order chi connectivity index (χ1) is 18.0. The van der Waals surface area contributed by atoms with E-state index in [-0.39, 0.29) is 6.04 Å². The summed E-state index contributed by atoms with van der Waals surface area (Å²) >= 11 is 3.24. The van der Waals surface area contributed by atoms with Gasteiger partial charge in [0.2, 0.25) is 5.95 Å². The molecule has 0 unspecified atom stereocenters. The van der Waals surface area contributed by atoms with Gasteiger partial charge in [-0.05, 0) is 54.7 Å². The molecule has 2 aliphatic heterocycles. The van der Waals surface area contributed by atoms with Crippen LogP contribution in [0.3, 0.4) is 0 Å². The Morgan fingerprint density at radius 2 is 1.92 bits per heavy atom. The molecule has 0 bridgehead atoms. The normalized spacial score (nSPS) is 24.8. The number of rotatable bonds is 10. The van der Waals surface area contributed by atoms with Crippen LogP contribution < -0.4 is 10.6 Å². The smallest absolute Gasteiger partial charge is 0.226 e. The number of imidazole rings is 1. The lowest BCUT2D eigenvalue weighted by molar-refractivity contribution is -0.0434. The lowest BCUT2D eigenvalue weighted by Crippen LogP contribution is -2.34. The minimum atomic E-state index is -1.23. The summed E-state index contributed by atoms with van der Waals surface area (Å²) in [6.45, 7) is 8.13. The SMILES string of the molecule is CCC(CC)Nc1nc(NCCN2CCCCC2)nc2c1ncn2[C@@H]1O[C@H](c2cc(Br)no2)[C@@H](O)[C@H]1O. The van der Waals surface area contributed by atoms with Crippen LogP contribution >= 0.6 is 15.9 Å². The van der Waals surface area contributed by atoms with E-state index in [9.17, 15) is 10.2 Å². The van der Waals surface area contributed by atoms with Gasteiger partial charge >= 0.3 is 0 Å². The highest BCUT2D eigenvalue weighted by Gasteiger charge is 2.47. The van der Waals surface area contributed by atoms with E-state index in [4.69, 9.17) is 19.2 Å². The van der Waals surface area contributed by atoms with Crippen LogP contribution in [0.1, 0.15) is 64.0 Å². The molecule has 0 radical (unpaired) electrons. The van der Waals surface area contributed by atoms with Gasteiger partial charge in [0.25, 0.3) is 0 Å². The molecule has 0 spiro atoms. The summed E-state index contributed by atoms with van der Waals surface area (Å²) in [6.07, 6.45) is 2.97. The molecule has 4 N–H and O–H groups in total. The van der Waals surface area contributed by atoms with Crippen molar-refractivity contribution in [1.29, 1.82) is 0 Å². The molecule has 0 aromatic carbocycles. The molecule has 2 aliphatic rings. The molecular weight excluding hydrogens is 544 g/mol. The molecule has 202 valence electrons. The molecule has 5 rings (SSSR count). The zero-order valence-corrected chi connectivity index (χ0v) is 22.8. The van der Waals surface area contributed by atoms with Gasteiger partial charge < -0.3 is 35.0 Å². The van der Waals surface area contributed by atoms with Crippen LogP contribution in [-0.4, -0.2) is 84.2 Å². The average molecular weight is 580 g/mol. The number of likely N-dealkylation sites (tertiary alicyclic amines) is 1. The Kier molecular flexibility index (Phi) is 8.24. The summed E-state index contributed by atoms with van der Waals surface area (Å²) in [7, 11) is 0. The third-order valence-corrected chi connectivity index (χ3v) is 7.57. The molecule has 0 aliphatic carbocycles. The van der Waals surface area contributed by atoms with Crippen LogP contribution in [-0.2, 0) is 4.74 Å². The van der Waals surface area contributed by atoms with E-state index < -0.39 is 24.5 Å². The first kappa shape index (κ1) is 26.3. The Bertz CT molecular complexity index is 1180. The molecule has 0 saturated carbocycles. The number of halogens is 1. The van der Waals surface area contributed by atoms with Crippen molar-refractivity contribution in [3.63, 3.8) is 0 Å². The number of nitrogens with zero attached hydrogens (tertiary/aromatic N) is 6. The fourth-order valence-corrected chi connectivity index (χ4v) is 5.30. The summed E-state index contributed by atoms with van der Waals surface area (Å²) in [4.78, 5) is 16.5. The lowest BCUT2D eigenvalue weighted by atomic mass is 10.1. The molecular formula is C24H35BrN8O4. The Morgan fingerprint density at radius 1 is 1.14 bits per heavy atom. The lowest BCUT2D eigenvalue weighted by Gasteiger charge is -2.26. The molecule has 3 aromatic rings. The van der Waals surface area contributed by atoms with Gasteiger partial charge in [-0.1, -0.05) is 25.4 Å². The predicted molar refractivity (Wildman–Crippen MR) is 141 cm³/mol. The third kappa shape index (κ3) is 5.60. The number of aromatic nitrogens is 5. The highest BCUT2D eigenvalue weighted by Crippen LogP contribution is 2.40. The van der Waals surface area contributed by atoms with Crippen LogP contribution in [0.4, 0.5) is 11.8 Å². The van der Waals surface area contributed by atoms with Crippen molar-refractivity contribution < 1.29 is 19.5 Å². The number of hydrogen-bond donors (Lipinski definition) is 4. The largest absolute Gasteiger partial charge is 0.387 e. The number of aliphatic hydroxyl groups is 2. The van der Waals surface area contributed by atoms with E-state index in [2.05, 4.69) is 55.5 Å². The summed E-state index contributed by atoms with van der Waals surface area (Å²) in [6, 6.07) is 1.84. The van der Waals surface area contributed by atoms with Gasteiger partial charge in [-0.3, -0.25) is 4.57 Å². The molecule has 4 atom stereocenters. The van der Waals surface area contributed by atoms with E-state index in [1.165, 1.54) is 19.3 Å². The van der Waals surface area contributed by atoms with Gasteiger partial charge in [0.05, 0.1) is 6.33 Å². The number of nitrogens with one attached hydrogen (secondary N) is 2. The van der Waals surface area contributed by atoms with Gasteiger partial charge in [-0.15, -0.1) is 0 Å². The van der Waals surface area contributed by atoms with Crippen LogP contribution in [0.2, 0.25) is 0 Å². The number of fused-ring (bicyclic) bond motifs is 1. The maximum Gasteiger partial charge on any atom is 0.226 e. The third-order valence-electron chi connectivity index (χ3n) is 7.20. The Morgan fingerprint density at radius 3 is 2.62 bits per heavy atom. The molecule has 5 heterocycles. The van der Waals surface area contributed by atoms with Crippen molar-refractivity contribution in [3.8, 4) is 0 Å². The van der Waals surface area contributed by atoms with Crippen LogP contribution in [0.15, 0.2) is 21.5 Å². The predicted octanol–water partition coefficient (Wildman–Crippen LogP) is 3.07. The van der Waals surface area contributed by atoms with E-state index in [0.717, 1.165) is 32.5 Å². The maximum atomic E-state index is 10.9. The van der Waals surface area contributed by atoms with Gasteiger partial charge in [0, 0.05) is 25.2 Å². The van der Waals surface area contributed by atoms with Crippen molar-refractivity contribution in [2.24, 2.45) is 0 Å². The number of anilines is 2. The molecule has 12 nitrogen and oxygen atoms in total. The highest BCUT2D eigenvalue weighted by molar-refractivity contribution is 9.10. The number of ether oxygens (including phenoxy) is 1.